The van der Waals surface area contributed by atoms with Crippen molar-refractivity contribution in [1.29, 1.82) is 0 Å². The van der Waals surface area contributed by atoms with Gasteiger partial charge >= 0.3 is 5.97 Å². The molecular formula is C16H12BrN3O5. The molecule has 0 atom stereocenters. The van der Waals surface area contributed by atoms with E-state index in [0.29, 0.717) is 4.47 Å². The third-order valence-electron chi connectivity index (χ3n) is 3.88. The van der Waals surface area contributed by atoms with E-state index in [1.165, 1.54) is 13.2 Å². The molecule has 0 radical (unpaired) electrons. The molecule has 25 heavy (non-hydrogen) atoms. The topological polar surface area (TPSA) is 120 Å². The fourth-order valence-corrected chi connectivity index (χ4v) is 3.00. The molecule has 0 spiro atoms. The number of rotatable bonds is 2. The minimum atomic E-state index is -0.695. The van der Waals surface area contributed by atoms with Crippen LogP contribution in [-0.2, 0) is 4.74 Å². The molecule has 0 aliphatic carbocycles. The molecule has 3 rings (SSSR count). The number of hydrogen-bond acceptors (Lipinski definition) is 6. The standard InChI is InChI=1S/C16H12BrN3O5/c1-6-3-10(7(4-9(6)17)16(24)25-2)20-11(21)5-8-12(13(20)18)15(23)19-14(8)22/h3-5H,18H2,1-2H3,(H,19,22,23). The van der Waals surface area contributed by atoms with E-state index in [0.717, 1.165) is 16.2 Å². The quantitative estimate of drug-likeness (QED) is 0.571. The Balaban J connectivity index is 2.40. The number of imide groups is 1. The molecule has 1 aromatic heterocycles. The molecule has 0 saturated carbocycles. The van der Waals surface area contributed by atoms with Crippen LogP contribution in [0.5, 0.6) is 0 Å². The van der Waals surface area contributed by atoms with Gasteiger partial charge < -0.3 is 10.5 Å². The molecule has 128 valence electrons. The van der Waals surface area contributed by atoms with Crippen molar-refractivity contribution in [1.82, 2.24) is 9.88 Å². The van der Waals surface area contributed by atoms with Crippen molar-refractivity contribution in [3.63, 3.8) is 0 Å². The number of nitrogens with zero attached hydrogens (tertiary/aromatic N) is 1. The highest BCUT2D eigenvalue weighted by Gasteiger charge is 2.32. The van der Waals surface area contributed by atoms with Crippen molar-refractivity contribution in [2.45, 2.75) is 6.92 Å². The summed E-state index contributed by atoms with van der Waals surface area (Å²) in [7, 11) is 1.21. The van der Waals surface area contributed by atoms with Gasteiger partial charge in [0, 0.05) is 10.5 Å². The van der Waals surface area contributed by atoms with Crippen LogP contribution in [0, 0.1) is 6.92 Å². The molecule has 1 aromatic carbocycles. The number of hydrogen-bond donors (Lipinski definition) is 2. The van der Waals surface area contributed by atoms with Gasteiger partial charge in [0.2, 0.25) is 0 Å². The minimum Gasteiger partial charge on any atom is -0.465 e. The lowest BCUT2D eigenvalue weighted by molar-refractivity contribution is 0.0600. The summed E-state index contributed by atoms with van der Waals surface area (Å²) in [5.74, 6) is -2.28. The zero-order valence-corrected chi connectivity index (χ0v) is 14.8. The zero-order valence-electron chi connectivity index (χ0n) is 13.2. The Kier molecular flexibility index (Phi) is 3.96. The maximum atomic E-state index is 12.5. The predicted molar refractivity (Wildman–Crippen MR) is 92.0 cm³/mol. The van der Waals surface area contributed by atoms with Gasteiger partial charge in [0.15, 0.2) is 0 Å². The molecule has 1 aliphatic rings. The van der Waals surface area contributed by atoms with Crippen LogP contribution < -0.4 is 16.6 Å². The first-order valence-corrected chi connectivity index (χ1v) is 7.85. The van der Waals surface area contributed by atoms with Gasteiger partial charge in [-0.3, -0.25) is 24.3 Å². The lowest BCUT2D eigenvalue weighted by Gasteiger charge is -2.16. The number of nitrogens with one attached hydrogen (secondary N) is 1. The maximum absolute atomic E-state index is 12.5. The molecule has 0 unspecified atom stereocenters. The number of methoxy groups -OCH3 is 1. The first-order valence-electron chi connectivity index (χ1n) is 7.06. The molecule has 2 heterocycles. The number of carbonyl (C=O) groups is 3. The summed E-state index contributed by atoms with van der Waals surface area (Å²) < 4.78 is 6.41. The smallest absolute Gasteiger partial charge is 0.340 e. The summed E-state index contributed by atoms with van der Waals surface area (Å²) in [5.41, 5.74) is 6.15. The number of benzene rings is 1. The number of nitrogen functional groups attached to an aromatic ring is 1. The van der Waals surface area contributed by atoms with Crippen molar-refractivity contribution in [2.24, 2.45) is 0 Å². The largest absolute Gasteiger partial charge is 0.465 e. The van der Waals surface area contributed by atoms with Crippen LogP contribution in [0.15, 0.2) is 27.5 Å². The van der Waals surface area contributed by atoms with Gasteiger partial charge in [-0.25, -0.2) is 4.79 Å². The number of amides is 2. The number of nitrogens with two attached hydrogens (primary N) is 1. The lowest BCUT2D eigenvalue weighted by Crippen LogP contribution is -2.26. The molecule has 3 N–H and O–H groups in total. The van der Waals surface area contributed by atoms with Gasteiger partial charge in [-0.2, -0.15) is 0 Å². The summed E-state index contributed by atoms with van der Waals surface area (Å²) in [5, 5.41) is 2.09. The van der Waals surface area contributed by atoms with Gasteiger partial charge in [0.25, 0.3) is 17.4 Å². The van der Waals surface area contributed by atoms with Gasteiger partial charge in [0.1, 0.15) is 5.82 Å². The second-order valence-corrected chi connectivity index (χ2v) is 6.24. The van der Waals surface area contributed by atoms with Crippen molar-refractivity contribution in [3.05, 3.63) is 55.3 Å². The highest BCUT2D eigenvalue weighted by Crippen LogP contribution is 2.28. The molecule has 0 bridgehead atoms. The van der Waals surface area contributed by atoms with Crippen LogP contribution in [0.25, 0.3) is 5.69 Å². The number of aromatic nitrogens is 1. The van der Waals surface area contributed by atoms with Crippen molar-refractivity contribution in [2.75, 3.05) is 12.8 Å². The second-order valence-electron chi connectivity index (χ2n) is 5.39. The van der Waals surface area contributed by atoms with Gasteiger partial charge in [-0.05, 0) is 24.6 Å². The molecule has 2 aromatic rings. The molecule has 9 heteroatoms. The Bertz CT molecular complexity index is 1030. The highest BCUT2D eigenvalue weighted by molar-refractivity contribution is 9.10. The predicted octanol–water partition coefficient (Wildman–Crippen LogP) is 1.16. The number of pyridine rings is 1. The third kappa shape index (κ3) is 2.52. The van der Waals surface area contributed by atoms with E-state index in [9.17, 15) is 19.2 Å². The Morgan fingerprint density at radius 2 is 1.88 bits per heavy atom. The SMILES string of the molecule is COC(=O)c1cc(Br)c(C)cc1-n1c(N)c2c(cc1=O)C(=O)NC2=O. The summed E-state index contributed by atoms with van der Waals surface area (Å²) in [6, 6.07) is 4.08. The van der Waals surface area contributed by atoms with Crippen LogP contribution in [0.2, 0.25) is 0 Å². The maximum Gasteiger partial charge on any atom is 0.340 e. The van der Waals surface area contributed by atoms with Crippen LogP contribution >= 0.6 is 15.9 Å². The van der Waals surface area contributed by atoms with E-state index in [1.807, 2.05) is 0 Å². The summed E-state index contributed by atoms with van der Waals surface area (Å²) >= 11 is 3.32. The fourth-order valence-electron chi connectivity index (χ4n) is 2.65. The van der Waals surface area contributed by atoms with E-state index >= 15 is 0 Å². The number of aryl methyl sites for hydroxylation is 1. The number of fused-ring (bicyclic) bond motifs is 1. The van der Waals surface area contributed by atoms with E-state index in [4.69, 9.17) is 10.5 Å². The Labute approximate surface area is 149 Å². The summed E-state index contributed by atoms with van der Waals surface area (Å²) in [4.78, 5) is 48.3. The molecule has 0 saturated heterocycles. The van der Waals surface area contributed by atoms with E-state index < -0.39 is 23.3 Å². The number of carbonyl (C=O) groups excluding carboxylic acids is 3. The molecule has 0 fully saturated rings. The lowest BCUT2D eigenvalue weighted by atomic mass is 10.1. The number of anilines is 1. The van der Waals surface area contributed by atoms with Gasteiger partial charge in [-0.1, -0.05) is 15.9 Å². The molecule has 2 amide bonds. The average Bonchev–Trinajstić information content (AvgIpc) is 2.83. The molecule has 8 nitrogen and oxygen atoms in total. The van der Waals surface area contributed by atoms with Crippen LogP contribution in [0.1, 0.15) is 36.6 Å². The molecular weight excluding hydrogens is 394 g/mol. The van der Waals surface area contributed by atoms with Crippen molar-refractivity contribution in [3.8, 4) is 5.69 Å². The molecule has 1 aliphatic heterocycles. The number of esters is 1. The van der Waals surface area contributed by atoms with Crippen molar-refractivity contribution >= 4 is 39.5 Å². The fraction of sp³-hybridized carbons (Fsp3) is 0.125. The highest BCUT2D eigenvalue weighted by atomic mass is 79.9. The van der Waals surface area contributed by atoms with Crippen LogP contribution in [-0.4, -0.2) is 29.5 Å². The van der Waals surface area contributed by atoms with Gasteiger partial charge in [0.05, 0.1) is 29.5 Å². The summed E-state index contributed by atoms with van der Waals surface area (Å²) in [6.45, 7) is 1.76. The van der Waals surface area contributed by atoms with Crippen LogP contribution in [0.3, 0.4) is 0 Å². The Hall–Kier alpha value is -2.94. The third-order valence-corrected chi connectivity index (χ3v) is 4.73. The minimum absolute atomic E-state index is 0.0819. The van der Waals surface area contributed by atoms with E-state index in [1.54, 1.807) is 13.0 Å². The first-order chi connectivity index (χ1) is 11.8. The monoisotopic (exact) mass is 405 g/mol. The van der Waals surface area contributed by atoms with Crippen molar-refractivity contribution < 1.29 is 19.1 Å². The Morgan fingerprint density at radius 3 is 2.52 bits per heavy atom. The normalized spacial score (nSPS) is 12.8. The number of ether oxygens (including phenoxy) is 1. The Morgan fingerprint density at radius 1 is 1.20 bits per heavy atom. The average molecular weight is 406 g/mol. The summed E-state index contributed by atoms with van der Waals surface area (Å²) in [6.07, 6.45) is 0. The van der Waals surface area contributed by atoms with E-state index in [-0.39, 0.29) is 28.2 Å². The first kappa shape index (κ1) is 16.9. The number of halogens is 1. The zero-order chi connectivity index (χ0) is 18.5. The van der Waals surface area contributed by atoms with E-state index in [2.05, 4.69) is 21.2 Å². The van der Waals surface area contributed by atoms with Gasteiger partial charge in [-0.15, -0.1) is 0 Å². The van der Waals surface area contributed by atoms with Crippen LogP contribution in [0.4, 0.5) is 5.82 Å². The second kappa shape index (κ2) is 5.85.